The minimum atomic E-state index is -0.109. The number of halogens is 1. The zero-order valence-corrected chi connectivity index (χ0v) is 15.8. The summed E-state index contributed by atoms with van der Waals surface area (Å²) in [5.74, 6) is 0.529. The molecule has 0 spiro atoms. The summed E-state index contributed by atoms with van der Waals surface area (Å²) in [5.41, 5.74) is 9.06. The molecule has 3 N–H and O–H groups in total. The summed E-state index contributed by atoms with van der Waals surface area (Å²) in [5, 5.41) is 7.15. The van der Waals surface area contributed by atoms with Crippen LogP contribution in [-0.4, -0.2) is 25.5 Å². The molecule has 25 heavy (non-hydrogen) atoms. The van der Waals surface area contributed by atoms with Gasteiger partial charge in [-0.2, -0.15) is 9.50 Å². The smallest absolute Gasteiger partial charge is 0.254 e. The Labute approximate surface area is 153 Å². The third-order valence-electron chi connectivity index (χ3n) is 4.15. The Morgan fingerprint density at radius 2 is 2.04 bits per heavy atom. The van der Waals surface area contributed by atoms with Crippen LogP contribution in [0, 0.1) is 13.8 Å². The van der Waals surface area contributed by atoms with Crippen molar-refractivity contribution in [3.05, 3.63) is 51.3 Å². The van der Waals surface area contributed by atoms with Crippen molar-refractivity contribution < 1.29 is 4.79 Å². The van der Waals surface area contributed by atoms with Crippen LogP contribution in [0.2, 0.25) is 0 Å². The maximum absolute atomic E-state index is 12.5. The predicted octanol–water partition coefficient (Wildman–Crippen LogP) is 2.51. The number of hydrogen-bond donors (Lipinski definition) is 2. The molecule has 3 rings (SSSR count). The second-order valence-electron chi connectivity index (χ2n) is 5.93. The Bertz CT molecular complexity index is 952. The minimum Gasteiger partial charge on any atom is -0.366 e. The van der Waals surface area contributed by atoms with Crippen LogP contribution in [0.4, 0.5) is 5.95 Å². The molecular weight excluding hydrogens is 384 g/mol. The van der Waals surface area contributed by atoms with Gasteiger partial charge in [0.1, 0.15) is 0 Å². The largest absolute Gasteiger partial charge is 0.366 e. The number of nitrogens with two attached hydrogens (primary N) is 1. The van der Waals surface area contributed by atoms with Crippen LogP contribution in [0.5, 0.6) is 0 Å². The van der Waals surface area contributed by atoms with Gasteiger partial charge in [0.05, 0.1) is 12.5 Å². The van der Waals surface area contributed by atoms with E-state index in [0.717, 1.165) is 27.0 Å². The van der Waals surface area contributed by atoms with Gasteiger partial charge in [0.15, 0.2) is 0 Å². The molecule has 1 atom stereocenters. The Morgan fingerprint density at radius 3 is 2.76 bits per heavy atom. The highest BCUT2D eigenvalue weighted by molar-refractivity contribution is 9.10. The highest BCUT2D eigenvalue weighted by Crippen LogP contribution is 2.23. The number of carbonyl (C=O) groups is 1. The molecule has 7 nitrogen and oxygen atoms in total. The lowest BCUT2D eigenvalue weighted by atomic mass is 10.1. The van der Waals surface area contributed by atoms with E-state index in [9.17, 15) is 4.79 Å². The van der Waals surface area contributed by atoms with Crippen molar-refractivity contribution in [2.45, 2.75) is 33.2 Å². The molecule has 0 aliphatic rings. The summed E-state index contributed by atoms with van der Waals surface area (Å²) >= 11 is 3.51. The molecule has 1 amide bonds. The van der Waals surface area contributed by atoms with E-state index in [1.807, 2.05) is 45.0 Å². The van der Waals surface area contributed by atoms with E-state index in [0.29, 0.717) is 5.78 Å². The van der Waals surface area contributed by atoms with Crippen LogP contribution in [0.1, 0.15) is 35.5 Å². The number of fused-ring (bicyclic) bond motifs is 1. The van der Waals surface area contributed by atoms with E-state index in [1.165, 1.54) is 0 Å². The van der Waals surface area contributed by atoms with E-state index in [2.05, 4.69) is 36.3 Å². The number of benzene rings is 1. The lowest BCUT2D eigenvalue weighted by Gasteiger charge is -2.17. The Kier molecular flexibility index (Phi) is 4.71. The molecule has 2 heterocycles. The van der Waals surface area contributed by atoms with Crippen molar-refractivity contribution in [2.24, 2.45) is 0 Å². The third-order valence-corrected chi connectivity index (χ3v) is 4.87. The van der Waals surface area contributed by atoms with E-state index in [4.69, 9.17) is 5.73 Å². The predicted molar refractivity (Wildman–Crippen MR) is 99.1 cm³/mol. The van der Waals surface area contributed by atoms with Crippen molar-refractivity contribution >= 4 is 33.6 Å². The maximum Gasteiger partial charge on any atom is 0.254 e. The first-order valence-electron chi connectivity index (χ1n) is 7.89. The SMILES string of the molecule is Cc1nc2nc(N)nn2c(C)c1CC(=O)N[C@H](C)c1ccccc1Br. The quantitative estimate of drug-likeness (QED) is 0.698. The van der Waals surface area contributed by atoms with Crippen molar-refractivity contribution in [3.8, 4) is 0 Å². The molecular formula is C17H19BrN6O. The number of nitrogens with one attached hydrogen (secondary N) is 1. The van der Waals surface area contributed by atoms with Crippen LogP contribution >= 0.6 is 15.9 Å². The summed E-state index contributed by atoms with van der Waals surface area (Å²) in [4.78, 5) is 21.0. The Balaban J connectivity index is 1.81. The molecule has 0 radical (unpaired) electrons. The highest BCUT2D eigenvalue weighted by Gasteiger charge is 2.17. The van der Waals surface area contributed by atoms with Gasteiger partial charge in [-0.1, -0.05) is 34.1 Å². The van der Waals surface area contributed by atoms with Crippen molar-refractivity contribution in [3.63, 3.8) is 0 Å². The second kappa shape index (κ2) is 6.79. The van der Waals surface area contributed by atoms with Gasteiger partial charge in [0.25, 0.3) is 5.78 Å². The lowest BCUT2D eigenvalue weighted by Crippen LogP contribution is -2.29. The molecule has 0 saturated heterocycles. The van der Waals surface area contributed by atoms with Crippen molar-refractivity contribution in [1.82, 2.24) is 24.9 Å². The average molecular weight is 403 g/mol. The van der Waals surface area contributed by atoms with E-state index in [1.54, 1.807) is 4.52 Å². The average Bonchev–Trinajstić information content (AvgIpc) is 2.92. The summed E-state index contributed by atoms with van der Waals surface area (Å²) in [6.07, 6.45) is 0.217. The van der Waals surface area contributed by atoms with E-state index < -0.39 is 0 Å². The molecule has 2 aromatic heterocycles. The first-order valence-corrected chi connectivity index (χ1v) is 8.68. The Morgan fingerprint density at radius 1 is 1.32 bits per heavy atom. The van der Waals surface area contributed by atoms with E-state index >= 15 is 0 Å². The zero-order chi connectivity index (χ0) is 18.1. The molecule has 130 valence electrons. The lowest BCUT2D eigenvalue weighted by molar-refractivity contribution is -0.121. The first kappa shape index (κ1) is 17.3. The molecule has 0 aliphatic carbocycles. The molecule has 8 heteroatoms. The number of aryl methyl sites for hydroxylation is 2. The van der Waals surface area contributed by atoms with Gasteiger partial charge in [-0.05, 0) is 32.4 Å². The minimum absolute atomic E-state index is 0.0799. The van der Waals surface area contributed by atoms with Crippen LogP contribution in [0.25, 0.3) is 5.78 Å². The van der Waals surface area contributed by atoms with E-state index in [-0.39, 0.29) is 24.3 Å². The molecule has 3 aromatic rings. The summed E-state index contributed by atoms with van der Waals surface area (Å²) in [7, 11) is 0. The Hall–Kier alpha value is -2.48. The fourth-order valence-electron chi connectivity index (χ4n) is 2.84. The first-order chi connectivity index (χ1) is 11.9. The van der Waals surface area contributed by atoms with Crippen LogP contribution in [-0.2, 0) is 11.2 Å². The van der Waals surface area contributed by atoms with Gasteiger partial charge >= 0.3 is 0 Å². The normalized spacial score (nSPS) is 12.3. The summed E-state index contributed by atoms with van der Waals surface area (Å²) in [6.45, 7) is 5.70. The fraction of sp³-hybridized carbons (Fsp3) is 0.294. The third kappa shape index (κ3) is 3.48. The number of hydrogen-bond acceptors (Lipinski definition) is 5. The number of amides is 1. The summed E-state index contributed by atoms with van der Waals surface area (Å²) in [6, 6.07) is 7.72. The molecule has 0 fully saturated rings. The van der Waals surface area contributed by atoms with Gasteiger partial charge in [-0.3, -0.25) is 4.79 Å². The van der Waals surface area contributed by atoms with Gasteiger partial charge in [-0.15, -0.1) is 5.10 Å². The molecule has 0 aliphatic heterocycles. The number of anilines is 1. The monoisotopic (exact) mass is 402 g/mol. The van der Waals surface area contributed by atoms with Crippen LogP contribution in [0.3, 0.4) is 0 Å². The standard InChI is InChI=1S/C17H19BrN6O/c1-9(12-6-4-5-7-14(12)18)20-15(25)8-13-10(2)21-17-22-16(19)23-24(17)11(13)3/h4-7,9H,8H2,1-3H3,(H2,19,23)(H,20,25)/t9-/m1/s1. The molecule has 1 aromatic carbocycles. The van der Waals surface area contributed by atoms with Gasteiger partial charge in [-0.25, -0.2) is 4.98 Å². The number of rotatable bonds is 4. The topological polar surface area (TPSA) is 98.2 Å². The fourth-order valence-corrected chi connectivity index (χ4v) is 3.46. The molecule has 0 unspecified atom stereocenters. The molecule has 0 bridgehead atoms. The number of nitrogens with zero attached hydrogens (tertiary/aromatic N) is 4. The van der Waals surface area contributed by atoms with Gasteiger partial charge in [0.2, 0.25) is 11.9 Å². The second-order valence-corrected chi connectivity index (χ2v) is 6.78. The zero-order valence-electron chi connectivity index (χ0n) is 14.2. The van der Waals surface area contributed by atoms with Gasteiger partial charge in [0, 0.05) is 21.4 Å². The number of aromatic nitrogens is 4. The van der Waals surface area contributed by atoms with Crippen molar-refractivity contribution in [1.29, 1.82) is 0 Å². The van der Waals surface area contributed by atoms with Crippen molar-refractivity contribution in [2.75, 3.05) is 5.73 Å². The van der Waals surface area contributed by atoms with Gasteiger partial charge < -0.3 is 11.1 Å². The number of nitrogen functional groups attached to an aromatic ring is 1. The summed E-state index contributed by atoms with van der Waals surface area (Å²) < 4.78 is 2.54. The highest BCUT2D eigenvalue weighted by atomic mass is 79.9. The molecule has 0 saturated carbocycles. The number of carbonyl (C=O) groups excluding carboxylic acids is 1. The maximum atomic E-state index is 12.5. The van der Waals surface area contributed by atoms with Crippen LogP contribution < -0.4 is 11.1 Å². The van der Waals surface area contributed by atoms with Crippen LogP contribution in [0.15, 0.2) is 28.7 Å².